The molecule has 0 amide bonds. The third-order valence-electron chi connectivity index (χ3n) is 2.38. The fourth-order valence-electron chi connectivity index (χ4n) is 1.43. The lowest BCUT2D eigenvalue weighted by atomic mass is 10.1. The highest BCUT2D eigenvalue weighted by atomic mass is 14.2. The first kappa shape index (κ1) is 9.01. The molecule has 0 aliphatic heterocycles. The lowest BCUT2D eigenvalue weighted by molar-refractivity contribution is 1.50. The monoisotopic (exact) mass is 182 g/mol. The molecule has 0 unspecified atom stereocenters. The highest BCUT2D eigenvalue weighted by Crippen LogP contribution is 2.32. The van der Waals surface area contributed by atoms with E-state index in [4.69, 9.17) is 0 Å². The van der Waals surface area contributed by atoms with Crippen molar-refractivity contribution in [2.75, 3.05) is 0 Å². The van der Waals surface area contributed by atoms with Crippen molar-refractivity contribution >= 4 is 6.08 Å². The molecule has 0 nitrogen and oxygen atoms in total. The minimum absolute atomic E-state index is 1.24. The van der Waals surface area contributed by atoms with Crippen LogP contribution in [0.5, 0.6) is 0 Å². The van der Waals surface area contributed by atoms with Crippen LogP contribution in [0.1, 0.15) is 18.4 Å². The maximum atomic E-state index is 3.83. The maximum Gasteiger partial charge on any atom is -0.0256 e. The molecule has 2 rings (SSSR count). The van der Waals surface area contributed by atoms with Gasteiger partial charge in [-0.1, -0.05) is 60.7 Å². The van der Waals surface area contributed by atoms with Crippen LogP contribution < -0.4 is 0 Å². The highest BCUT2D eigenvalue weighted by molar-refractivity contribution is 5.56. The maximum absolute atomic E-state index is 3.83. The molecule has 0 radical (unpaired) electrons. The molecule has 1 aromatic rings. The quantitative estimate of drug-likeness (QED) is 0.663. The number of hydrogen-bond acceptors (Lipinski definition) is 0. The summed E-state index contributed by atoms with van der Waals surface area (Å²) in [5.74, 6) is 0. The van der Waals surface area contributed by atoms with Crippen LogP contribution in [0.15, 0.2) is 60.2 Å². The molecule has 0 saturated heterocycles. The van der Waals surface area contributed by atoms with E-state index in [0.717, 1.165) is 0 Å². The Labute approximate surface area is 85.3 Å². The molecule has 1 fully saturated rings. The van der Waals surface area contributed by atoms with Gasteiger partial charge < -0.3 is 0 Å². The number of hydrogen-bond donors (Lipinski definition) is 0. The van der Waals surface area contributed by atoms with Gasteiger partial charge in [-0.2, -0.15) is 0 Å². The Morgan fingerprint density at radius 1 is 1.14 bits per heavy atom. The largest absolute Gasteiger partial charge is 0.0985 e. The molecule has 1 aliphatic rings. The second kappa shape index (κ2) is 4.10. The van der Waals surface area contributed by atoms with Crippen molar-refractivity contribution in [3.05, 3.63) is 65.8 Å². The molecule has 0 aromatic heterocycles. The van der Waals surface area contributed by atoms with Gasteiger partial charge in [0.15, 0.2) is 0 Å². The van der Waals surface area contributed by atoms with E-state index in [1.807, 2.05) is 12.1 Å². The third-order valence-corrected chi connectivity index (χ3v) is 2.38. The molecular formula is C14H14. The van der Waals surface area contributed by atoms with Crippen molar-refractivity contribution in [3.8, 4) is 0 Å². The zero-order chi connectivity index (χ0) is 9.80. The zero-order valence-corrected chi connectivity index (χ0v) is 8.24. The summed E-state index contributed by atoms with van der Waals surface area (Å²) in [6.45, 7) is 3.83. The van der Waals surface area contributed by atoms with Crippen LogP contribution in [0.2, 0.25) is 0 Å². The average molecular weight is 182 g/mol. The van der Waals surface area contributed by atoms with Crippen LogP contribution in [0, 0.1) is 0 Å². The van der Waals surface area contributed by atoms with E-state index in [1.165, 1.54) is 29.6 Å². The molecule has 1 aromatic carbocycles. The van der Waals surface area contributed by atoms with E-state index >= 15 is 0 Å². The molecule has 0 heteroatoms. The van der Waals surface area contributed by atoms with Gasteiger partial charge in [0.1, 0.15) is 0 Å². The lowest BCUT2D eigenvalue weighted by Gasteiger charge is -1.93. The van der Waals surface area contributed by atoms with Crippen LogP contribution >= 0.6 is 0 Å². The van der Waals surface area contributed by atoms with Crippen LogP contribution in [0.25, 0.3) is 6.08 Å². The van der Waals surface area contributed by atoms with Crippen molar-refractivity contribution in [1.29, 1.82) is 0 Å². The first-order valence-electron chi connectivity index (χ1n) is 4.98. The van der Waals surface area contributed by atoms with Gasteiger partial charge in [0.05, 0.1) is 0 Å². The number of rotatable bonds is 3. The van der Waals surface area contributed by atoms with E-state index in [0.29, 0.717) is 0 Å². The molecule has 1 saturated carbocycles. The average Bonchev–Trinajstić information content (AvgIpc) is 3.05. The van der Waals surface area contributed by atoms with Crippen LogP contribution in [-0.2, 0) is 0 Å². The molecule has 0 heterocycles. The second-order valence-electron chi connectivity index (χ2n) is 3.51. The summed E-state index contributed by atoms with van der Waals surface area (Å²) in [5, 5.41) is 0. The normalized spacial score (nSPS) is 14.4. The minimum Gasteiger partial charge on any atom is -0.0985 e. The minimum atomic E-state index is 1.24. The Kier molecular flexibility index (Phi) is 2.64. The molecule has 0 spiro atoms. The summed E-state index contributed by atoms with van der Waals surface area (Å²) in [7, 11) is 0. The standard InChI is InChI=1S/C14H14/c1-2-13(14-10-11-14)9-8-12-6-4-3-5-7-12/h2-9H,1,10-11H2. The van der Waals surface area contributed by atoms with E-state index in [1.54, 1.807) is 0 Å². The number of allylic oxidation sites excluding steroid dienone is 4. The first-order valence-corrected chi connectivity index (χ1v) is 4.98. The summed E-state index contributed by atoms with van der Waals surface area (Å²) in [4.78, 5) is 0. The van der Waals surface area contributed by atoms with E-state index in [-0.39, 0.29) is 0 Å². The fraction of sp³-hybridized carbons (Fsp3) is 0.143. The third kappa shape index (κ3) is 2.23. The predicted octanol–water partition coefficient (Wildman–Crippen LogP) is 3.98. The predicted molar refractivity (Wildman–Crippen MR) is 61.9 cm³/mol. The Bertz CT molecular complexity index is 374. The van der Waals surface area contributed by atoms with Crippen LogP contribution in [-0.4, -0.2) is 0 Å². The Hall–Kier alpha value is -1.56. The summed E-state index contributed by atoms with van der Waals surface area (Å²) < 4.78 is 0. The van der Waals surface area contributed by atoms with E-state index in [2.05, 4.69) is 43.0 Å². The van der Waals surface area contributed by atoms with E-state index in [9.17, 15) is 0 Å². The second-order valence-corrected chi connectivity index (χ2v) is 3.51. The van der Waals surface area contributed by atoms with E-state index < -0.39 is 0 Å². The molecule has 14 heavy (non-hydrogen) atoms. The van der Waals surface area contributed by atoms with Gasteiger partial charge in [-0.15, -0.1) is 0 Å². The Balaban J connectivity index is 2.14. The van der Waals surface area contributed by atoms with Crippen molar-refractivity contribution in [2.24, 2.45) is 0 Å². The van der Waals surface area contributed by atoms with Gasteiger partial charge in [0.2, 0.25) is 0 Å². The molecule has 0 N–H and O–H groups in total. The lowest BCUT2D eigenvalue weighted by Crippen LogP contribution is -1.71. The van der Waals surface area contributed by atoms with Crippen molar-refractivity contribution in [3.63, 3.8) is 0 Å². The smallest absolute Gasteiger partial charge is 0.0256 e. The van der Waals surface area contributed by atoms with Gasteiger partial charge in [0.25, 0.3) is 0 Å². The Morgan fingerprint density at radius 2 is 1.86 bits per heavy atom. The SMILES string of the molecule is C=CC(C=Cc1ccccc1)=C1CC1. The topological polar surface area (TPSA) is 0 Å². The summed E-state index contributed by atoms with van der Waals surface area (Å²) in [6, 6.07) is 10.4. The van der Waals surface area contributed by atoms with Gasteiger partial charge in [0, 0.05) is 0 Å². The zero-order valence-electron chi connectivity index (χ0n) is 8.24. The fourth-order valence-corrected chi connectivity index (χ4v) is 1.43. The highest BCUT2D eigenvalue weighted by Gasteiger charge is 2.13. The molecule has 70 valence electrons. The van der Waals surface area contributed by atoms with Crippen molar-refractivity contribution in [1.82, 2.24) is 0 Å². The summed E-state index contributed by atoms with van der Waals surface area (Å²) >= 11 is 0. The molecular weight excluding hydrogens is 168 g/mol. The Morgan fingerprint density at radius 3 is 2.43 bits per heavy atom. The molecule has 0 atom stereocenters. The number of benzene rings is 1. The molecule has 0 bridgehead atoms. The summed E-state index contributed by atoms with van der Waals surface area (Å²) in [6.07, 6.45) is 8.75. The molecule has 1 aliphatic carbocycles. The van der Waals surface area contributed by atoms with Crippen LogP contribution in [0.3, 0.4) is 0 Å². The summed E-state index contributed by atoms with van der Waals surface area (Å²) in [5.41, 5.74) is 4.08. The van der Waals surface area contributed by atoms with Crippen molar-refractivity contribution < 1.29 is 0 Å². The van der Waals surface area contributed by atoms with Crippen LogP contribution in [0.4, 0.5) is 0 Å². The van der Waals surface area contributed by atoms with Gasteiger partial charge in [-0.3, -0.25) is 0 Å². The van der Waals surface area contributed by atoms with Gasteiger partial charge >= 0.3 is 0 Å². The van der Waals surface area contributed by atoms with Crippen molar-refractivity contribution in [2.45, 2.75) is 12.8 Å². The van der Waals surface area contributed by atoms with Gasteiger partial charge in [-0.05, 0) is 24.0 Å². The van der Waals surface area contributed by atoms with Gasteiger partial charge in [-0.25, -0.2) is 0 Å². The first-order chi connectivity index (χ1) is 6.90.